The number of carboxylic acid groups (broad SMARTS) is 1. The molecule has 0 fully saturated rings. The number of carbonyl (C=O) groups is 2. The molecule has 0 saturated heterocycles. The van der Waals surface area contributed by atoms with Crippen molar-refractivity contribution in [3.05, 3.63) is 30.1 Å². The van der Waals surface area contributed by atoms with Crippen molar-refractivity contribution in [3.8, 4) is 0 Å². The van der Waals surface area contributed by atoms with Crippen LogP contribution in [-0.4, -0.2) is 33.0 Å². The molecule has 0 aliphatic carbocycles. The lowest BCUT2D eigenvalue weighted by atomic mass is 10.2. The average molecular weight is 261 g/mol. The second kappa shape index (κ2) is 5.51. The first-order valence-electron chi connectivity index (χ1n) is 6.02. The Hall–Kier alpha value is -2.37. The number of rotatable bonds is 5. The molecule has 1 atom stereocenters. The Balaban J connectivity index is 1.91. The van der Waals surface area contributed by atoms with Crippen molar-refractivity contribution in [2.45, 2.75) is 25.8 Å². The van der Waals surface area contributed by atoms with Crippen molar-refractivity contribution in [3.63, 3.8) is 0 Å². The van der Waals surface area contributed by atoms with E-state index in [4.69, 9.17) is 5.11 Å². The molecule has 0 radical (unpaired) electrons. The number of aryl methyl sites for hydroxylation is 1. The largest absolute Gasteiger partial charge is 0.480 e. The van der Waals surface area contributed by atoms with E-state index < -0.39 is 12.0 Å². The molecule has 2 aromatic rings. The fraction of sp³-hybridized carbons (Fsp3) is 0.308. The van der Waals surface area contributed by atoms with Crippen molar-refractivity contribution < 1.29 is 14.7 Å². The summed E-state index contributed by atoms with van der Waals surface area (Å²) in [5.74, 6) is -0.619. The molecule has 1 amide bonds. The van der Waals surface area contributed by atoms with E-state index in [0.29, 0.717) is 6.42 Å². The molecule has 1 unspecified atom stereocenters. The van der Waals surface area contributed by atoms with Crippen LogP contribution in [0.25, 0.3) is 11.0 Å². The summed E-state index contributed by atoms with van der Waals surface area (Å²) in [4.78, 5) is 29.6. The number of imidazole rings is 1. The van der Waals surface area contributed by atoms with Gasteiger partial charge in [0.1, 0.15) is 11.9 Å². The molecule has 100 valence electrons. The van der Waals surface area contributed by atoms with Crippen LogP contribution < -0.4 is 5.32 Å². The maximum absolute atomic E-state index is 11.5. The van der Waals surface area contributed by atoms with E-state index in [0.717, 1.165) is 16.9 Å². The highest BCUT2D eigenvalue weighted by atomic mass is 16.4. The Morgan fingerprint density at radius 1 is 1.42 bits per heavy atom. The van der Waals surface area contributed by atoms with Crippen LogP contribution in [0.2, 0.25) is 0 Å². The van der Waals surface area contributed by atoms with Crippen LogP contribution >= 0.6 is 0 Å². The third kappa shape index (κ3) is 3.31. The molecule has 19 heavy (non-hydrogen) atoms. The molecule has 2 rings (SSSR count). The summed E-state index contributed by atoms with van der Waals surface area (Å²) in [6.45, 7) is 1.43. The Bertz CT molecular complexity index is 573. The number of carboxylic acids is 1. The number of aromatic amines is 1. The van der Waals surface area contributed by atoms with Gasteiger partial charge < -0.3 is 15.4 Å². The van der Waals surface area contributed by atoms with E-state index in [1.165, 1.54) is 6.92 Å². The third-order valence-electron chi connectivity index (χ3n) is 2.78. The van der Waals surface area contributed by atoms with Crippen molar-refractivity contribution in [1.29, 1.82) is 0 Å². The Labute approximate surface area is 109 Å². The molecular formula is C13H15N3O3. The first-order chi connectivity index (χ1) is 9.06. The highest BCUT2D eigenvalue weighted by Crippen LogP contribution is 2.11. The Morgan fingerprint density at radius 2 is 2.16 bits per heavy atom. The highest BCUT2D eigenvalue weighted by Gasteiger charge is 2.14. The normalized spacial score (nSPS) is 12.3. The fourth-order valence-electron chi connectivity index (χ4n) is 1.73. The molecule has 1 aromatic heterocycles. The van der Waals surface area contributed by atoms with Crippen molar-refractivity contribution in [2.75, 3.05) is 0 Å². The molecule has 0 saturated carbocycles. The zero-order valence-corrected chi connectivity index (χ0v) is 10.5. The van der Waals surface area contributed by atoms with Gasteiger partial charge in [-0.05, 0) is 19.1 Å². The molecule has 0 aliphatic rings. The monoisotopic (exact) mass is 261 g/mol. The quantitative estimate of drug-likeness (QED) is 0.750. The number of para-hydroxylation sites is 2. The van der Waals surface area contributed by atoms with Crippen LogP contribution in [-0.2, 0) is 16.0 Å². The standard InChI is InChI=1S/C13H15N3O3/c1-8(13(18)19)14-12(17)7-6-11-15-9-4-2-3-5-10(9)16-11/h2-5,8H,6-7H2,1H3,(H,14,17)(H,15,16)(H,18,19). The number of nitrogens with one attached hydrogen (secondary N) is 2. The van der Waals surface area contributed by atoms with Gasteiger partial charge in [-0.15, -0.1) is 0 Å². The van der Waals surface area contributed by atoms with Gasteiger partial charge in [0, 0.05) is 12.8 Å². The van der Waals surface area contributed by atoms with E-state index in [-0.39, 0.29) is 12.3 Å². The smallest absolute Gasteiger partial charge is 0.325 e. The summed E-state index contributed by atoms with van der Waals surface area (Å²) in [6.07, 6.45) is 0.657. The molecule has 0 bridgehead atoms. The molecule has 0 spiro atoms. The summed E-state index contributed by atoms with van der Waals surface area (Å²) in [7, 11) is 0. The Kier molecular flexibility index (Phi) is 3.79. The summed E-state index contributed by atoms with van der Waals surface area (Å²) < 4.78 is 0. The SMILES string of the molecule is CC(NC(=O)CCc1nc2ccccc2[nH]1)C(=O)O. The van der Waals surface area contributed by atoms with Crippen molar-refractivity contribution >= 4 is 22.9 Å². The lowest BCUT2D eigenvalue weighted by Gasteiger charge is -2.08. The maximum Gasteiger partial charge on any atom is 0.325 e. The van der Waals surface area contributed by atoms with Crippen molar-refractivity contribution in [2.24, 2.45) is 0 Å². The number of hydrogen-bond donors (Lipinski definition) is 3. The summed E-state index contributed by atoms with van der Waals surface area (Å²) >= 11 is 0. The van der Waals surface area contributed by atoms with E-state index in [1.807, 2.05) is 24.3 Å². The van der Waals surface area contributed by atoms with Crippen LogP contribution in [0.4, 0.5) is 0 Å². The molecule has 3 N–H and O–H groups in total. The minimum Gasteiger partial charge on any atom is -0.480 e. The van der Waals surface area contributed by atoms with Gasteiger partial charge in [-0.25, -0.2) is 4.98 Å². The summed E-state index contributed by atoms with van der Waals surface area (Å²) in [5.41, 5.74) is 1.79. The molecule has 1 aromatic carbocycles. The van der Waals surface area contributed by atoms with Crippen LogP contribution in [0, 0.1) is 0 Å². The lowest BCUT2D eigenvalue weighted by molar-refractivity contribution is -0.141. The predicted octanol–water partition coefficient (Wildman–Crippen LogP) is 1.08. The van der Waals surface area contributed by atoms with Gasteiger partial charge in [0.2, 0.25) is 5.91 Å². The molecule has 6 nitrogen and oxygen atoms in total. The maximum atomic E-state index is 11.5. The van der Waals surface area contributed by atoms with Crippen LogP contribution in [0.15, 0.2) is 24.3 Å². The minimum atomic E-state index is -1.04. The van der Waals surface area contributed by atoms with Gasteiger partial charge in [0.05, 0.1) is 11.0 Å². The number of aromatic nitrogens is 2. The number of amides is 1. The molecule has 1 heterocycles. The zero-order chi connectivity index (χ0) is 13.8. The first-order valence-corrected chi connectivity index (χ1v) is 6.02. The number of nitrogens with zero attached hydrogens (tertiary/aromatic N) is 1. The second-order valence-electron chi connectivity index (χ2n) is 4.33. The molecular weight excluding hydrogens is 246 g/mol. The number of benzene rings is 1. The Morgan fingerprint density at radius 3 is 2.84 bits per heavy atom. The van der Waals surface area contributed by atoms with Gasteiger partial charge in [0.25, 0.3) is 0 Å². The lowest BCUT2D eigenvalue weighted by Crippen LogP contribution is -2.38. The first kappa shape index (κ1) is 13.1. The summed E-state index contributed by atoms with van der Waals surface area (Å²) in [6, 6.07) is 6.74. The number of fused-ring (bicyclic) bond motifs is 1. The van der Waals surface area contributed by atoms with E-state index in [1.54, 1.807) is 0 Å². The fourth-order valence-corrected chi connectivity index (χ4v) is 1.73. The van der Waals surface area contributed by atoms with Crippen molar-refractivity contribution in [1.82, 2.24) is 15.3 Å². The van der Waals surface area contributed by atoms with E-state index >= 15 is 0 Å². The highest BCUT2D eigenvalue weighted by molar-refractivity contribution is 5.83. The van der Waals surface area contributed by atoms with Gasteiger partial charge in [-0.3, -0.25) is 9.59 Å². The number of H-pyrrole nitrogens is 1. The van der Waals surface area contributed by atoms with E-state index in [2.05, 4.69) is 15.3 Å². The van der Waals surface area contributed by atoms with Crippen LogP contribution in [0.1, 0.15) is 19.2 Å². The molecule has 6 heteroatoms. The average Bonchev–Trinajstić information content (AvgIpc) is 2.78. The van der Waals surface area contributed by atoms with Gasteiger partial charge in [-0.2, -0.15) is 0 Å². The minimum absolute atomic E-state index is 0.206. The van der Waals surface area contributed by atoms with Crippen LogP contribution in [0.3, 0.4) is 0 Å². The predicted molar refractivity (Wildman–Crippen MR) is 69.7 cm³/mol. The molecule has 0 aliphatic heterocycles. The second-order valence-corrected chi connectivity index (χ2v) is 4.33. The van der Waals surface area contributed by atoms with Gasteiger partial charge in [-0.1, -0.05) is 12.1 Å². The van der Waals surface area contributed by atoms with Crippen LogP contribution in [0.5, 0.6) is 0 Å². The zero-order valence-electron chi connectivity index (χ0n) is 10.5. The van der Waals surface area contributed by atoms with Gasteiger partial charge in [0.15, 0.2) is 0 Å². The summed E-state index contributed by atoms with van der Waals surface area (Å²) in [5, 5.41) is 11.1. The number of carbonyl (C=O) groups excluding carboxylic acids is 1. The number of hydrogen-bond acceptors (Lipinski definition) is 3. The third-order valence-corrected chi connectivity index (χ3v) is 2.78. The van der Waals surface area contributed by atoms with E-state index in [9.17, 15) is 9.59 Å². The van der Waals surface area contributed by atoms with Gasteiger partial charge >= 0.3 is 5.97 Å². The topological polar surface area (TPSA) is 95.1 Å². The number of aliphatic carboxylic acids is 1.